The van der Waals surface area contributed by atoms with Crippen molar-refractivity contribution in [1.29, 1.82) is 0 Å². The molecule has 22 heavy (non-hydrogen) atoms. The third kappa shape index (κ3) is 3.76. The Labute approximate surface area is 136 Å². The zero-order valence-electron chi connectivity index (χ0n) is 12.8. The Hall–Kier alpha value is -1.20. The van der Waals surface area contributed by atoms with Crippen LogP contribution in [0.3, 0.4) is 0 Å². The van der Waals surface area contributed by atoms with Crippen LogP contribution in [0.2, 0.25) is 0 Å². The van der Waals surface area contributed by atoms with E-state index in [-0.39, 0.29) is 12.0 Å². The predicted molar refractivity (Wildman–Crippen MR) is 91.0 cm³/mol. The molecule has 0 bridgehead atoms. The fraction of sp³-hybridized carbons (Fsp3) is 0.444. The summed E-state index contributed by atoms with van der Waals surface area (Å²) in [6.45, 7) is 3.61. The van der Waals surface area contributed by atoms with Gasteiger partial charge in [-0.2, -0.15) is 0 Å². The number of thiophene rings is 1. The Bertz CT molecular complexity index is 576. The molecule has 2 N–H and O–H groups in total. The Balaban J connectivity index is 1.55. The highest BCUT2D eigenvalue weighted by atomic mass is 32.1. The van der Waals surface area contributed by atoms with Crippen molar-refractivity contribution in [3.63, 3.8) is 0 Å². The molecule has 2 aromatic rings. The maximum atomic E-state index is 9.26. The summed E-state index contributed by atoms with van der Waals surface area (Å²) in [4.78, 5) is 2.66. The third-order valence-electron chi connectivity index (χ3n) is 4.35. The van der Waals surface area contributed by atoms with Crippen LogP contribution >= 0.6 is 11.3 Å². The van der Waals surface area contributed by atoms with Crippen molar-refractivity contribution in [1.82, 2.24) is 5.32 Å². The molecule has 118 valence electrons. The van der Waals surface area contributed by atoms with Gasteiger partial charge in [0.15, 0.2) is 0 Å². The van der Waals surface area contributed by atoms with Gasteiger partial charge in [0, 0.05) is 41.5 Å². The van der Waals surface area contributed by atoms with Crippen LogP contribution in [0.15, 0.2) is 42.5 Å². The lowest BCUT2D eigenvalue weighted by Crippen LogP contribution is -2.35. The molecule has 1 aromatic carbocycles. The summed E-state index contributed by atoms with van der Waals surface area (Å²) >= 11 is 1.84. The molecule has 4 heteroatoms. The summed E-state index contributed by atoms with van der Waals surface area (Å²) in [6.07, 6.45) is 1.86. The molecule has 3 rings (SSSR count). The standard InChI is InChI=1S/C18H23NO2S/c20-10-8-18(9-11-21-14-18)13-19-12-16-6-7-17(22-16)15-4-2-1-3-5-15/h1-7,19-20H,8-14H2. The fourth-order valence-corrected chi connectivity index (χ4v) is 3.98. The zero-order valence-corrected chi connectivity index (χ0v) is 13.6. The van der Waals surface area contributed by atoms with E-state index in [1.807, 2.05) is 17.4 Å². The monoisotopic (exact) mass is 317 g/mol. The molecule has 0 amide bonds. The molecule has 1 aromatic heterocycles. The lowest BCUT2D eigenvalue weighted by molar-refractivity contribution is 0.124. The molecule has 1 aliphatic heterocycles. The van der Waals surface area contributed by atoms with Crippen LogP contribution in [-0.4, -0.2) is 31.5 Å². The van der Waals surface area contributed by atoms with E-state index in [1.165, 1.54) is 15.3 Å². The minimum Gasteiger partial charge on any atom is -0.396 e. The van der Waals surface area contributed by atoms with E-state index in [0.717, 1.165) is 39.1 Å². The van der Waals surface area contributed by atoms with Gasteiger partial charge < -0.3 is 15.2 Å². The maximum absolute atomic E-state index is 9.26. The number of aliphatic hydroxyl groups excluding tert-OH is 1. The molecule has 1 unspecified atom stereocenters. The number of hydrogen-bond acceptors (Lipinski definition) is 4. The van der Waals surface area contributed by atoms with Gasteiger partial charge in [-0.25, -0.2) is 0 Å². The smallest absolute Gasteiger partial charge is 0.0536 e. The average molecular weight is 317 g/mol. The van der Waals surface area contributed by atoms with E-state index in [1.54, 1.807) is 0 Å². The van der Waals surface area contributed by atoms with Crippen molar-refractivity contribution >= 4 is 11.3 Å². The molecule has 3 nitrogen and oxygen atoms in total. The summed E-state index contributed by atoms with van der Waals surface area (Å²) in [5, 5.41) is 12.8. The lowest BCUT2D eigenvalue weighted by atomic mass is 9.84. The number of hydrogen-bond donors (Lipinski definition) is 2. The van der Waals surface area contributed by atoms with Crippen LogP contribution in [-0.2, 0) is 11.3 Å². The number of aliphatic hydroxyl groups is 1. The molecule has 0 radical (unpaired) electrons. The largest absolute Gasteiger partial charge is 0.396 e. The SMILES string of the molecule is OCCC1(CNCc2ccc(-c3ccccc3)s2)CCOC1. The second kappa shape index (κ2) is 7.38. The fourth-order valence-electron chi connectivity index (χ4n) is 2.99. The molecule has 0 saturated carbocycles. The van der Waals surface area contributed by atoms with Gasteiger partial charge in [0.2, 0.25) is 0 Å². The first kappa shape index (κ1) is 15.7. The van der Waals surface area contributed by atoms with Gasteiger partial charge in [-0.05, 0) is 30.5 Å². The van der Waals surface area contributed by atoms with Crippen LogP contribution in [0, 0.1) is 5.41 Å². The van der Waals surface area contributed by atoms with E-state index >= 15 is 0 Å². The summed E-state index contributed by atoms with van der Waals surface area (Å²) < 4.78 is 5.53. The average Bonchev–Trinajstić information content (AvgIpc) is 3.19. The first-order chi connectivity index (χ1) is 10.8. The molecule has 1 aliphatic rings. The molecule has 0 aliphatic carbocycles. The van der Waals surface area contributed by atoms with Crippen molar-refractivity contribution in [2.45, 2.75) is 19.4 Å². The summed E-state index contributed by atoms with van der Waals surface area (Å²) in [6, 6.07) is 14.9. The number of rotatable bonds is 7. The molecular formula is C18H23NO2S. The van der Waals surface area contributed by atoms with Gasteiger partial charge in [-0.15, -0.1) is 11.3 Å². The van der Waals surface area contributed by atoms with Crippen molar-refractivity contribution in [3.05, 3.63) is 47.3 Å². The van der Waals surface area contributed by atoms with Crippen molar-refractivity contribution in [3.8, 4) is 10.4 Å². The summed E-state index contributed by atoms with van der Waals surface area (Å²) in [7, 11) is 0. The highest BCUT2D eigenvalue weighted by molar-refractivity contribution is 7.15. The quantitative estimate of drug-likeness (QED) is 0.823. The van der Waals surface area contributed by atoms with E-state index in [4.69, 9.17) is 4.74 Å². The summed E-state index contributed by atoms with van der Waals surface area (Å²) in [5.41, 5.74) is 1.40. The van der Waals surface area contributed by atoms with E-state index < -0.39 is 0 Å². The van der Waals surface area contributed by atoms with Gasteiger partial charge in [0.25, 0.3) is 0 Å². The first-order valence-corrected chi connectivity index (χ1v) is 8.66. The third-order valence-corrected chi connectivity index (χ3v) is 5.48. The maximum Gasteiger partial charge on any atom is 0.0536 e. The molecule has 0 spiro atoms. The van der Waals surface area contributed by atoms with E-state index in [9.17, 15) is 5.11 Å². The van der Waals surface area contributed by atoms with Crippen LogP contribution in [0.1, 0.15) is 17.7 Å². The summed E-state index contributed by atoms with van der Waals surface area (Å²) in [5.74, 6) is 0. The van der Waals surface area contributed by atoms with Gasteiger partial charge in [-0.1, -0.05) is 30.3 Å². The van der Waals surface area contributed by atoms with Crippen LogP contribution in [0.25, 0.3) is 10.4 Å². The highest BCUT2D eigenvalue weighted by Crippen LogP contribution is 2.32. The van der Waals surface area contributed by atoms with E-state index in [2.05, 4.69) is 41.7 Å². The van der Waals surface area contributed by atoms with Gasteiger partial charge in [0.1, 0.15) is 0 Å². The molecule has 1 atom stereocenters. The minimum atomic E-state index is 0.119. The van der Waals surface area contributed by atoms with Gasteiger partial charge in [0.05, 0.1) is 6.61 Å². The second-order valence-corrected chi connectivity index (χ2v) is 7.18. The molecule has 2 heterocycles. The topological polar surface area (TPSA) is 41.5 Å². The molecule has 1 fully saturated rings. The predicted octanol–water partition coefficient (Wildman–Crippen LogP) is 3.29. The van der Waals surface area contributed by atoms with Crippen LogP contribution < -0.4 is 5.32 Å². The van der Waals surface area contributed by atoms with Crippen molar-refractivity contribution in [2.24, 2.45) is 5.41 Å². The van der Waals surface area contributed by atoms with Crippen molar-refractivity contribution < 1.29 is 9.84 Å². The van der Waals surface area contributed by atoms with Crippen LogP contribution in [0.5, 0.6) is 0 Å². The van der Waals surface area contributed by atoms with Gasteiger partial charge >= 0.3 is 0 Å². The Kier molecular flexibility index (Phi) is 5.26. The Morgan fingerprint density at radius 1 is 1.18 bits per heavy atom. The number of nitrogens with one attached hydrogen (secondary N) is 1. The van der Waals surface area contributed by atoms with E-state index in [0.29, 0.717) is 0 Å². The number of ether oxygens (including phenoxy) is 1. The zero-order chi connectivity index (χ0) is 15.3. The molecular weight excluding hydrogens is 294 g/mol. The first-order valence-electron chi connectivity index (χ1n) is 7.85. The molecule has 1 saturated heterocycles. The highest BCUT2D eigenvalue weighted by Gasteiger charge is 2.33. The van der Waals surface area contributed by atoms with Gasteiger partial charge in [-0.3, -0.25) is 0 Å². The Morgan fingerprint density at radius 2 is 2.05 bits per heavy atom. The lowest BCUT2D eigenvalue weighted by Gasteiger charge is -2.26. The van der Waals surface area contributed by atoms with Crippen molar-refractivity contribution in [2.75, 3.05) is 26.4 Å². The van der Waals surface area contributed by atoms with Crippen LogP contribution in [0.4, 0.5) is 0 Å². The number of benzene rings is 1. The normalized spacial score (nSPS) is 21.3. The minimum absolute atomic E-state index is 0.119. The second-order valence-electron chi connectivity index (χ2n) is 6.01. The Morgan fingerprint density at radius 3 is 2.77 bits per heavy atom.